The Morgan fingerprint density at radius 3 is 3.00 bits per heavy atom. The maximum Gasteiger partial charge on any atom is 0.0925 e. The minimum Gasteiger partial charge on any atom is -0.395 e. The summed E-state index contributed by atoms with van der Waals surface area (Å²) in [6, 6.07) is -0.0314. The van der Waals surface area contributed by atoms with Gasteiger partial charge in [-0.2, -0.15) is 0 Å². The predicted octanol–water partition coefficient (Wildman–Crippen LogP) is -0.185. The molecule has 0 radical (unpaired) electrons. The number of aryl methyl sites for hydroxylation is 1. The molecule has 1 heterocycles. The Kier molecular flexibility index (Phi) is 4.58. The fourth-order valence-electron chi connectivity index (χ4n) is 1.18. The van der Waals surface area contributed by atoms with Crippen molar-refractivity contribution < 1.29 is 9.84 Å². The zero-order chi connectivity index (χ0) is 10.4. The van der Waals surface area contributed by atoms with Gasteiger partial charge in [-0.15, -0.1) is 0 Å². The fourth-order valence-corrected chi connectivity index (χ4v) is 1.18. The smallest absolute Gasteiger partial charge is 0.0925 e. The van der Waals surface area contributed by atoms with Crippen molar-refractivity contribution in [3.05, 3.63) is 17.7 Å². The standard InChI is InChI=1S/C9H17N3O2/c1-7-9(12-6-11-7)3-10-8(4-13)5-14-2/h6,8,10,13H,3-5H2,1-2H3,(H,11,12). The SMILES string of the molecule is COCC(CO)NCc1nc[nH]c1C. The molecule has 3 N–H and O–H groups in total. The number of methoxy groups -OCH3 is 1. The number of rotatable bonds is 6. The molecule has 1 aromatic rings. The molecule has 1 aromatic heterocycles. The van der Waals surface area contributed by atoms with Gasteiger partial charge < -0.3 is 20.1 Å². The van der Waals surface area contributed by atoms with Gasteiger partial charge in [-0.05, 0) is 6.92 Å². The van der Waals surface area contributed by atoms with Crippen LogP contribution in [0.2, 0.25) is 0 Å². The van der Waals surface area contributed by atoms with E-state index >= 15 is 0 Å². The van der Waals surface area contributed by atoms with Gasteiger partial charge in [0.15, 0.2) is 0 Å². The van der Waals surface area contributed by atoms with Crippen LogP contribution in [0.4, 0.5) is 0 Å². The zero-order valence-corrected chi connectivity index (χ0v) is 8.58. The monoisotopic (exact) mass is 199 g/mol. The second-order valence-corrected chi connectivity index (χ2v) is 3.19. The topological polar surface area (TPSA) is 70.2 Å². The van der Waals surface area contributed by atoms with E-state index in [1.807, 2.05) is 6.92 Å². The van der Waals surface area contributed by atoms with E-state index in [0.29, 0.717) is 13.2 Å². The Hall–Kier alpha value is -0.910. The first-order valence-electron chi connectivity index (χ1n) is 4.60. The molecule has 0 aliphatic heterocycles. The van der Waals surface area contributed by atoms with Crippen molar-refractivity contribution in [1.82, 2.24) is 15.3 Å². The van der Waals surface area contributed by atoms with E-state index in [0.717, 1.165) is 11.4 Å². The summed E-state index contributed by atoms with van der Waals surface area (Å²) in [5, 5.41) is 12.1. The molecule has 0 saturated heterocycles. The van der Waals surface area contributed by atoms with Crippen molar-refractivity contribution >= 4 is 0 Å². The highest BCUT2D eigenvalue weighted by atomic mass is 16.5. The van der Waals surface area contributed by atoms with Gasteiger partial charge in [0.25, 0.3) is 0 Å². The second-order valence-electron chi connectivity index (χ2n) is 3.19. The molecule has 0 spiro atoms. The molecule has 0 fully saturated rings. The highest BCUT2D eigenvalue weighted by molar-refractivity contribution is 5.08. The number of hydrogen-bond donors (Lipinski definition) is 3. The van der Waals surface area contributed by atoms with Gasteiger partial charge in [0.1, 0.15) is 0 Å². The van der Waals surface area contributed by atoms with Gasteiger partial charge >= 0.3 is 0 Å². The number of nitrogens with zero attached hydrogens (tertiary/aromatic N) is 1. The van der Waals surface area contributed by atoms with E-state index < -0.39 is 0 Å². The van der Waals surface area contributed by atoms with Crippen LogP contribution in [0.25, 0.3) is 0 Å². The first-order valence-corrected chi connectivity index (χ1v) is 4.60. The molecule has 0 aromatic carbocycles. The Labute approximate surface area is 83.5 Å². The molecule has 0 saturated carbocycles. The number of nitrogens with one attached hydrogen (secondary N) is 2. The van der Waals surface area contributed by atoms with Crippen LogP contribution in [0.15, 0.2) is 6.33 Å². The molecule has 0 bridgehead atoms. The van der Waals surface area contributed by atoms with E-state index in [-0.39, 0.29) is 12.6 Å². The third kappa shape index (κ3) is 3.10. The Balaban J connectivity index is 2.35. The van der Waals surface area contributed by atoms with E-state index in [1.54, 1.807) is 13.4 Å². The first-order chi connectivity index (χ1) is 6.77. The number of aromatic nitrogens is 2. The largest absolute Gasteiger partial charge is 0.395 e. The van der Waals surface area contributed by atoms with Crippen LogP contribution in [-0.4, -0.2) is 41.4 Å². The van der Waals surface area contributed by atoms with E-state index in [2.05, 4.69) is 15.3 Å². The van der Waals surface area contributed by atoms with Gasteiger partial charge in [-0.1, -0.05) is 0 Å². The summed E-state index contributed by atoms with van der Waals surface area (Å²) in [6.07, 6.45) is 1.66. The lowest BCUT2D eigenvalue weighted by Gasteiger charge is -2.14. The number of aliphatic hydroxyl groups is 1. The number of hydrogen-bond acceptors (Lipinski definition) is 4. The van der Waals surface area contributed by atoms with Crippen LogP contribution in [-0.2, 0) is 11.3 Å². The van der Waals surface area contributed by atoms with Crippen molar-refractivity contribution in [3.8, 4) is 0 Å². The highest BCUT2D eigenvalue weighted by Crippen LogP contribution is 1.99. The number of aliphatic hydroxyl groups excluding tert-OH is 1. The molecular weight excluding hydrogens is 182 g/mol. The van der Waals surface area contributed by atoms with Crippen LogP contribution in [0, 0.1) is 6.92 Å². The Morgan fingerprint density at radius 2 is 2.50 bits per heavy atom. The third-order valence-electron chi connectivity index (χ3n) is 2.08. The van der Waals surface area contributed by atoms with Crippen molar-refractivity contribution in [2.24, 2.45) is 0 Å². The van der Waals surface area contributed by atoms with Crippen LogP contribution in [0.3, 0.4) is 0 Å². The summed E-state index contributed by atoms with van der Waals surface area (Å²) in [5.74, 6) is 0. The van der Waals surface area contributed by atoms with Crippen molar-refractivity contribution in [2.45, 2.75) is 19.5 Å². The van der Waals surface area contributed by atoms with Crippen LogP contribution in [0.5, 0.6) is 0 Å². The van der Waals surface area contributed by atoms with Crippen LogP contribution in [0.1, 0.15) is 11.4 Å². The summed E-state index contributed by atoms with van der Waals surface area (Å²) in [5.41, 5.74) is 2.02. The Bertz CT molecular complexity index is 262. The van der Waals surface area contributed by atoms with Gasteiger partial charge in [0.05, 0.1) is 31.3 Å². The maximum absolute atomic E-state index is 8.98. The second kappa shape index (κ2) is 5.74. The lowest BCUT2D eigenvalue weighted by Crippen LogP contribution is -2.36. The Morgan fingerprint density at radius 1 is 1.71 bits per heavy atom. The molecule has 0 amide bonds. The summed E-state index contributed by atoms with van der Waals surface area (Å²) >= 11 is 0. The highest BCUT2D eigenvalue weighted by Gasteiger charge is 2.07. The molecule has 5 nitrogen and oxygen atoms in total. The summed E-state index contributed by atoms with van der Waals surface area (Å²) in [6.45, 7) is 3.18. The molecule has 5 heteroatoms. The van der Waals surface area contributed by atoms with Gasteiger partial charge in [-0.25, -0.2) is 4.98 Å². The van der Waals surface area contributed by atoms with E-state index in [9.17, 15) is 0 Å². The predicted molar refractivity (Wildman–Crippen MR) is 52.9 cm³/mol. The normalized spacial score (nSPS) is 13.1. The van der Waals surface area contributed by atoms with Crippen LogP contribution < -0.4 is 5.32 Å². The zero-order valence-electron chi connectivity index (χ0n) is 8.58. The van der Waals surface area contributed by atoms with Crippen molar-refractivity contribution in [1.29, 1.82) is 0 Å². The molecule has 1 atom stereocenters. The lowest BCUT2D eigenvalue weighted by atomic mass is 10.3. The quantitative estimate of drug-likeness (QED) is 0.594. The summed E-state index contributed by atoms with van der Waals surface area (Å²) in [7, 11) is 1.62. The van der Waals surface area contributed by atoms with Gasteiger partial charge in [0, 0.05) is 19.3 Å². The van der Waals surface area contributed by atoms with Gasteiger partial charge in [-0.3, -0.25) is 0 Å². The fraction of sp³-hybridized carbons (Fsp3) is 0.667. The average molecular weight is 199 g/mol. The van der Waals surface area contributed by atoms with Crippen LogP contribution >= 0.6 is 0 Å². The van der Waals surface area contributed by atoms with Crippen molar-refractivity contribution in [2.75, 3.05) is 20.3 Å². The summed E-state index contributed by atoms with van der Waals surface area (Å²) < 4.78 is 4.94. The molecular formula is C9H17N3O2. The molecule has 0 aliphatic carbocycles. The maximum atomic E-state index is 8.98. The summed E-state index contributed by atoms with van der Waals surface area (Å²) in [4.78, 5) is 7.14. The number of imidazole rings is 1. The molecule has 0 aliphatic rings. The molecule has 1 rings (SSSR count). The molecule has 1 unspecified atom stereocenters. The molecule has 14 heavy (non-hydrogen) atoms. The number of H-pyrrole nitrogens is 1. The van der Waals surface area contributed by atoms with E-state index in [1.165, 1.54) is 0 Å². The van der Waals surface area contributed by atoms with Gasteiger partial charge in [0.2, 0.25) is 0 Å². The number of aromatic amines is 1. The minimum absolute atomic E-state index is 0.0314. The third-order valence-corrected chi connectivity index (χ3v) is 2.08. The molecule has 80 valence electrons. The van der Waals surface area contributed by atoms with E-state index in [4.69, 9.17) is 9.84 Å². The minimum atomic E-state index is -0.0314. The van der Waals surface area contributed by atoms with Crippen molar-refractivity contribution in [3.63, 3.8) is 0 Å². The average Bonchev–Trinajstić information content (AvgIpc) is 2.59. The number of ether oxygens (including phenoxy) is 1. The first kappa shape index (κ1) is 11.2. The lowest BCUT2D eigenvalue weighted by molar-refractivity contribution is 0.128.